The molecule has 0 spiro atoms. The molecule has 1 aliphatic heterocycles. The highest BCUT2D eigenvalue weighted by Crippen LogP contribution is 2.33. The first kappa shape index (κ1) is 10.8. The number of rotatable bonds is 2. The first-order valence-electron chi connectivity index (χ1n) is 4.98. The molecule has 16 heavy (non-hydrogen) atoms. The number of hydrogen-bond donors (Lipinski definition) is 2. The second-order valence-corrected chi connectivity index (χ2v) is 3.74. The van der Waals surface area contributed by atoms with Gasteiger partial charge in [-0.05, 0) is 17.7 Å². The van der Waals surface area contributed by atoms with E-state index in [1.807, 2.05) is 11.9 Å². The molecule has 0 amide bonds. The van der Waals surface area contributed by atoms with Gasteiger partial charge in [-0.2, -0.15) is 0 Å². The summed E-state index contributed by atoms with van der Waals surface area (Å²) in [5.74, 6) is -0.643. The van der Waals surface area contributed by atoms with E-state index in [-0.39, 0.29) is 0 Å². The van der Waals surface area contributed by atoms with Crippen molar-refractivity contribution < 1.29 is 19.7 Å². The van der Waals surface area contributed by atoms with Crippen LogP contribution in [0.25, 0.3) is 0 Å². The van der Waals surface area contributed by atoms with Crippen molar-refractivity contribution in [1.82, 2.24) is 0 Å². The van der Waals surface area contributed by atoms with Gasteiger partial charge in [-0.15, -0.1) is 0 Å². The topological polar surface area (TPSA) is 70.0 Å². The summed E-state index contributed by atoms with van der Waals surface area (Å²) >= 11 is 0. The molecule has 1 aromatic rings. The van der Waals surface area contributed by atoms with Crippen LogP contribution in [0, 0.1) is 0 Å². The summed E-state index contributed by atoms with van der Waals surface area (Å²) in [6.45, 7) is 1.37. The zero-order valence-corrected chi connectivity index (χ0v) is 8.88. The highest BCUT2D eigenvalue weighted by Gasteiger charge is 2.20. The van der Waals surface area contributed by atoms with Gasteiger partial charge < -0.3 is 19.8 Å². The molecule has 86 valence electrons. The lowest BCUT2D eigenvalue weighted by Gasteiger charge is -2.28. The van der Waals surface area contributed by atoms with Crippen LogP contribution >= 0.6 is 0 Å². The van der Waals surface area contributed by atoms with E-state index in [1.54, 1.807) is 18.2 Å². The average molecular weight is 223 g/mol. The maximum Gasteiger partial charge on any atom is 0.337 e. The van der Waals surface area contributed by atoms with Crippen LogP contribution in [-0.2, 0) is 4.79 Å². The molecule has 0 saturated carbocycles. The minimum atomic E-state index is -1.50. The summed E-state index contributed by atoms with van der Waals surface area (Å²) in [6, 6.07) is 4.93. The van der Waals surface area contributed by atoms with Gasteiger partial charge >= 0.3 is 5.97 Å². The second-order valence-electron chi connectivity index (χ2n) is 3.74. The Hall–Kier alpha value is -1.75. The predicted octanol–water partition coefficient (Wildman–Crippen LogP) is 0.633. The molecule has 2 N–H and O–H groups in total. The number of carbonyl (C=O) groups is 1. The van der Waals surface area contributed by atoms with Gasteiger partial charge in [0, 0.05) is 7.05 Å². The third-order valence-electron chi connectivity index (χ3n) is 2.63. The minimum Gasteiger partial charge on any atom is -0.490 e. The zero-order valence-electron chi connectivity index (χ0n) is 8.88. The van der Waals surface area contributed by atoms with E-state index in [0.29, 0.717) is 17.9 Å². The van der Waals surface area contributed by atoms with E-state index in [1.165, 1.54) is 0 Å². The molecule has 2 rings (SSSR count). The molecule has 1 heterocycles. The molecule has 5 nitrogen and oxygen atoms in total. The van der Waals surface area contributed by atoms with Crippen LogP contribution in [0.2, 0.25) is 0 Å². The SMILES string of the molecule is CN1CCOc2cc(C(O)C(=O)O)ccc21. The van der Waals surface area contributed by atoms with Gasteiger partial charge in [-0.1, -0.05) is 6.07 Å². The van der Waals surface area contributed by atoms with Gasteiger partial charge in [-0.25, -0.2) is 4.79 Å². The number of hydrogen-bond acceptors (Lipinski definition) is 4. The fraction of sp³-hybridized carbons (Fsp3) is 0.364. The molecular formula is C11H13NO4. The van der Waals surface area contributed by atoms with Crippen molar-refractivity contribution in [3.63, 3.8) is 0 Å². The maximum atomic E-state index is 10.6. The molecule has 0 fully saturated rings. The van der Waals surface area contributed by atoms with Crippen molar-refractivity contribution >= 4 is 11.7 Å². The molecule has 1 aromatic carbocycles. The molecule has 5 heteroatoms. The highest BCUT2D eigenvalue weighted by atomic mass is 16.5. The summed E-state index contributed by atoms with van der Waals surface area (Å²) in [5.41, 5.74) is 1.24. The lowest BCUT2D eigenvalue weighted by atomic mass is 10.1. The normalized spacial score (nSPS) is 16.2. The van der Waals surface area contributed by atoms with E-state index in [9.17, 15) is 9.90 Å². The van der Waals surface area contributed by atoms with Crippen LogP contribution < -0.4 is 9.64 Å². The highest BCUT2D eigenvalue weighted by molar-refractivity contribution is 5.75. The number of aliphatic hydroxyl groups is 1. The number of carboxylic acid groups (broad SMARTS) is 1. The molecule has 1 unspecified atom stereocenters. The Morgan fingerprint density at radius 1 is 1.56 bits per heavy atom. The summed E-state index contributed by atoms with van der Waals surface area (Å²) < 4.78 is 5.42. The number of benzene rings is 1. The minimum absolute atomic E-state index is 0.335. The quantitative estimate of drug-likeness (QED) is 0.769. The molecule has 0 aliphatic carbocycles. The van der Waals surface area contributed by atoms with Crippen LogP contribution in [-0.4, -0.2) is 36.4 Å². The number of ether oxygens (including phenoxy) is 1. The summed E-state index contributed by atoms with van der Waals surface area (Å²) in [4.78, 5) is 12.7. The Labute approximate surface area is 92.9 Å². The van der Waals surface area contributed by atoms with Crippen molar-refractivity contribution in [1.29, 1.82) is 0 Å². The smallest absolute Gasteiger partial charge is 0.337 e. The third-order valence-corrected chi connectivity index (χ3v) is 2.63. The van der Waals surface area contributed by atoms with Gasteiger partial charge in [0.05, 0.1) is 12.2 Å². The number of likely N-dealkylation sites (N-methyl/N-ethyl adjacent to an activating group) is 1. The number of aliphatic hydroxyl groups excluding tert-OH is 1. The van der Waals surface area contributed by atoms with Crippen molar-refractivity contribution in [2.75, 3.05) is 25.1 Å². The summed E-state index contributed by atoms with van der Waals surface area (Å²) in [7, 11) is 1.94. The number of anilines is 1. The zero-order chi connectivity index (χ0) is 11.7. The lowest BCUT2D eigenvalue weighted by molar-refractivity contribution is -0.146. The number of fused-ring (bicyclic) bond motifs is 1. The molecule has 1 atom stereocenters. The first-order chi connectivity index (χ1) is 7.59. The van der Waals surface area contributed by atoms with Gasteiger partial charge in [0.15, 0.2) is 6.10 Å². The fourth-order valence-electron chi connectivity index (χ4n) is 1.69. The third kappa shape index (κ3) is 1.81. The Kier molecular flexibility index (Phi) is 2.70. The van der Waals surface area contributed by atoms with Crippen molar-refractivity contribution in [3.05, 3.63) is 23.8 Å². The van der Waals surface area contributed by atoms with Crippen molar-refractivity contribution in [3.8, 4) is 5.75 Å². The molecule has 0 radical (unpaired) electrons. The number of carboxylic acids is 1. The molecular weight excluding hydrogens is 210 g/mol. The Balaban J connectivity index is 2.35. The first-order valence-corrected chi connectivity index (χ1v) is 4.98. The van der Waals surface area contributed by atoms with Crippen LogP contribution in [0.3, 0.4) is 0 Å². The molecule has 0 saturated heterocycles. The number of aliphatic carboxylic acids is 1. The van der Waals surface area contributed by atoms with Crippen molar-refractivity contribution in [2.45, 2.75) is 6.10 Å². The number of nitrogens with zero attached hydrogens (tertiary/aromatic N) is 1. The van der Waals surface area contributed by atoms with E-state index in [0.717, 1.165) is 12.2 Å². The van der Waals surface area contributed by atoms with E-state index in [4.69, 9.17) is 9.84 Å². The molecule has 1 aliphatic rings. The monoisotopic (exact) mass is 223 g/mol. The van der Waals surface area contributed by atoms with Gasteiger partial charge in [0.1, 0.15) is 12.4 Å². The van der Waals surface area contributed by atoms with Crippen molar-refractivity contribution in [2.24, 2.45) is 0 Å². The van der Waals surface area contributed by atoms with Gasteiger partial charge in [0.25, 0.3) is 0 Å². The van der Waals surface area contributed by atoms with E-state index < -0.39 is 12.1 Å². The van der Waals surface area contributed by atoms with E-state index >= 15 is 0 Å². The average Bonchev–Trinajstić information content (AvgIpc) is 2.28. The van der Waals surface area contributed by atoms with Crippen LogP contribution in [0.5, 0.6) is 5.75 Å². The summed E-state index contributed by atoms with van der Waals surface area (Å²) in [6.07, 6.45) is -1.50. The van der Waals surface area contributed by atoms with Crippen LogP contribution in [0.15, 0.2) is 18.2 Å². The Bertz CT molecular complexity index is 418. The van der Waals surface area contributed by atoms with Gasteiger partial charge in [-0.3, -0.25) is 0 Å². The predicted molar refractivity (Wildman–Crippen MR) is 57.8 cm³/mol. The summed E-state index contributed by atoms with van der Waals surface area (Å²) in [5, 5.41) is 18.1. The maximum absolute atomic E-state index is 10.6. The molecule has 0 bridgehead atoms. The Morgan fingerprint density at radius 2 is 2.31 bits per heavy atom. The lowest BCUT2D eigenvalue weighted by Crippen LogP contribution is -2.28. The fourth-order valence-corrected chi connectivity index (χ4v) is 1.69. The van der Waals surface area contributed by atoms with Gasteiger partial charge in [0.2, 0.25) is 0 Å². The van der Waals surface area contributed by atoms with Crippen LogP contribution in [0.1, 0.15) is 11.7 Å². The largest absolute Gasteiger partial charge is 0.490 e. The second kappa shape index (κ2) is 4.02. The van der Waals surface area contributed by atoms with Crippen LogP contribution in [0.4, 0.5) is 5.69 Å². The standard InChI is InChI=1S/C11H13NO4/c1-12-4-5-16-9-6-7(2-3-8(9)12)10(13)11(14)15/h2-3,6,10,13H,4-5H2,1H3,(H,14,15). The Morgan fingerprint density at radius 3 is 3.00 bits per heavy atom. The molecule has 0 aromatic heterocycles. The van der Waals surface area contributed by atoms with E-state index in [2.05, 4.69) is 0 Å².